The zero-order valence-corrected chi connectivity index (χ0v) is 9.14. The number of piperazine rings is 1. The van der Waals surface area contributed by atoms with Crippen molar-refractivity contribution < 1.29 is 4.92 Å². The van der Waals surface area contributed by atoms with Gasteiger partial charge in [-0.1, -0.05) is 12.1 Å². The molecule has 5 nitrogen and oxygen atoms in total. The molecule has 0 amide bonds. The molecular formula is C11H14N3O2. The first-order chi connectivity index (χ1) is 7.68. The van der Waals surface area contributed by atoms with Crippen molar-refractivity contribution in [1.29, 1.82) is 0 Å². The van der Waals surface area contributed by atoms with E-state index in [0.29, 0.717) is 0 Å². The SMILES string of the molecule is CN1CCNC[C]1c1ccc([N+](=O)[O-])cc1. The lowest BCUT2D eigenvalue weighted by molar-refractivity contribution is -0.384. The number of non-ortho nitro benzene ring substituents is 1. The first kappa shape index (κ1) is 11.0. The van der Waals surface area contributed by atoms with Crippen molar-refractivity contribution in [2.75, 3.05) is 26.7 Å². The van der Waals surface area contributed by atoms with Gasteiger partial charge in [0.1, 0.15) is 0 Å². The minimum atomic E-state index is -0.378. The molecule has 0 spiro atoms. The van der Waals surface area contributed by atoms with Gasteiger partial charge in [0.2, 0.25) is 0 Å². The summed E-state index contributed by atoms with van der Waals surface area (Å²) in [5.41, 5.74) is 1.18. The Morgan fingerprint density at radius 2 is 2.06 bits per heavy atom. The highest BCUT2D eigenvalue weighted by molar-refractivity contribution is 5.39. The number of hydrogen-bond acceptors (Lipinski definition) is 4. The van der Waals surface area contributed by atoms with Crippen molar-refractivity contribution in [1.82, 2.24) is 10.2 Å². The number of likely N-dealkylation sites (N-methyl/N-ethyl adjacent to an activating group) is 1. The maximum Gasteiger partial charge on any atom is 0.269 e. The maximum absolute atomic E-state index is 10.5. The van der Waals surface area contributed by atoms with Crippen LogP contribution < -0.4 is 5.32 Å². The average molecular weight is 220 g/mol. The summed E-state index contributed by atoms with van der Waals surface area (Å²) in [6, 6.07) is 7.88. The molecule has 1 saturated heterocycles. The molecule has 5 heteroatoms. The number of nitrogens with one attached hydrogen (secondary N) is 1. The summed E-state index contributed by atoms with van der Waals surface area (Å²) in [4.78, 5) is 12.3. The van der Waals surface area contributed by atoms with Crippen LogP contribution in [0.5, 0.6) is 0 Å². The molecule has 1 aromatic carbocycles. The fourth-order valence-corrected chi connectivity index (χ4v) is 1.82. The number of hydrogen-bond donors (Lipinski definition) is 1. The summed E-state index contributed by atoms with van der Waals surface area (Å²) in [6.07, 6.45) is 0. The lowest BCUT2D eigenvalue weighted by atomic mass is 10.0. The van der Waals surface area contributed by atoms with E-state index in [1.165, 1.54) is 6.04 Å². The highest BCUT2D eigenvalue weighted by atomic mass is 16.6. The second-order valence-corrected chi connectivity index (χ2v) is 3.85. The fraction of sp³-hybridized carbons (Fsp3) is 0.364. The average Bonchev–Trinajstić information content (AvgIpc) is 2.30. The first-order valence-electron chi connectivity index (χ1n) is 5.21. The molecule has 1 radical (unpaired) electrons. The summed E-state index contributed by atoms with van der Waals surface area (Å²) in [5.74, 6) is 0. The Bertz CT molecular complexity index is 377. The highest BCUT2D eigenvalue weighted by Crippen LogP contribution is 2.21. The molecule has 0 saturated carbocycles. The Labute approximate surface area is 94.2 Å². The van der Waals surface area contributed by atoms with Crippen molar-refractivity contribution in [2.45, 2.75) is 0 Å². The predicted molar refractivity (Wildman–Crippen MR) is 60.9 cm³/mol. The molecular weight excluding hydrogens is 206 g/mol. The Hall–Kier alpha value is -1.46. The van der Waals surface area contributed by atoms with Crippen molar-refractivity contribution in [2.24, 2.45) is 0 Å². The molecule has 1 fully saturated rings. The van der Waals surface area contributed by atoms with Crippen LogP contribution in [0.15, 0.2) is 24.3 Å². The van der Waals surface area contributed by atoms with E-state index >= 15 is 0 Å². The zero-order valence-electron chi connectivity index (χ0n) is 9.14. The maximum atomic E-state index is 10.5. The van der Waals surface area contributed by atoms with Crippen LogP contribution in [-0.2, 0) is 0 Å². The van der Waals surface area contributed by atoms with Gasteiger partial charge in [-0.15, -0.1) is 0 Å². The number of rotatable bonds is 2. The van der Waals surface area contributed by atoms with Gasteiger partial charge in [-0.25, -0.2) is 0 Å². The molecule has 85 valence electrons. The van der Waals surface area contributed by atoms with Crippen LogP contribution in [-0.4, -0.2) is 36.5 Å². The lowest BCUT2D eigenvalue weighted by Crippen LogP contribution is -2.44. The number of nitro benzene ring substituents is 1. The number of nitro groups is 1. The molecule has 0 aromatic heterocycles. The van der Waals surface area contributed by atoms with Gasteiger partial charge in [-0.05, 0) is 12.6 Å². The smallest absolute Gasteiger partial charge is 0.269 e. The third-order valence-corrected chi connectivity index (χ3v) is 2.79. The molecule has 0 atom stereocenters. The van der Waals surface area contributed by atoms with Gasteiger partial charge in [-0.2, -0.15) is 0 Å². The van der Waals surface area contributed by atoms with E-state index in [1.54, 1.807) is 24.3 Å². The minimum absolute atomic E-state index is 0.135. The predicted octanol–water partition coefficient (Wildman–Crippen LogP) is 1.01. The van der Waals surface area contributed by atoms with Crippen molar-refractivity contribution in [3.63, 3.8) is 0 Å². The largest absolute Gasteiger partial charge is 0.313 e. The third kappa shape index (κ3) is 2.20. The molecule has 0 bridgehead atoms. The fourth-order valence-electron chi connectivity index (χ4n) is 1.82. The van der Waals surface area contributed by atoms with Crippen LogP contribution in [0.25, 0.3) is 0 Å². The van der Waals surface area contributed by atoms with E-state index < -0.39 is 0 Å². The molecule has 0 aliphatic carbocycles. The standard InChI is InChI=1S/C11H14N3O2/c1-13-7-6-12-8-11(13)9-2-4-10(5-3-9)14(15)16/h2-5,12H,6-8H2,1H3. The molecule has 0 unspecified atom stereocenters. The van der Waals surface area contributed by atoms with Crippen LogP contribution in [0.1, 0.15) is 5.56 Å². The molecule has 16 heavy (non-hydrogen) atoms. The quantitative estimate of drug-likeness (QED) is 0.597. The van der Waals surface area contributed by atoms with Gasteiger partial charge >= 0.3 is 0 Å². The van der Waals surface area contributed by atoms with Gasteiger partial charge in [-0.3, -0.25) is 15.0 Å². The summed E-state index contributed by atoms with van der Waals surface area (Å²) in [6.45, 7) is 2.76. The van der Waals surface area contributed by atoms with Gasteiger partial charge < -0.3 is 5.32 Å². The normalized spacial score (nSPS) is 18.6. The monoisotopic (exact) mass is 220 g/mol. The Kier molecular flexibility index (Phi) is 3.17. The summed E-state index contributed by atoms with van der Waals surface area (Å²) >= 11 is 0. The molecule has 1 aromatic rings. The van der Waals surface area contributed by atoms with E-state index in [0.717, 1.165) is 25.2 Å². The van der Waals surface area contributed by atoms with Crippen molar-refractivity contribution >= 4 is 5.69 Å². The van der Waals surface area contributed by atoms with Gasteiger partial charge in [0.05, 0.1) is 11.0 Å². The van der Waals surface area contributed by atoms with Crippen molar-refractivity contribution in [3.8, 4) is 0 Å². The second-order valence-electron chi connectivity index (χ2n) is 3.85. The van der Waals surface area contributed by atoms with Gasteiger partial charge in [0.25, 0.3) is 5.69 Å². The summed E-state index contributed by atoms with van der Waals surface area (Å²) in [7, 11) is 2.04. The molecule has 1 heterocycles. The van der Waals surface area contributed by atoms with Crippen LogP contribution in [0.3, 0.4) is 0 Å². The Morgan fingerprint density at radius 1 is 1.38 bits per heavy atom. The van der Waals surface area contributed by atoms with Crippen molar-refractivity contribution in [3.05, 3.63) is 46.0 Å². The topological polar surface area (TPSA) is 58.4 Å². The van der Waals surface area contributed by atoms with Crippen LogP contribution in [0, 0.1) is 16.2 Å². The Morgan fingerprint density at radius 3 is 2.62 bits per heavy atom. The molecule has 2 rings (SSSR count). The van der Waals surface area contributed by atoms with E-state index in [9.17, 15) is 10.1 Å². The van der Waals surface area contributed by atoms with Crippen LogP contribution in [0.2, 0.25) is 0 Å². The molecule has 1 aliphatic rings. The Balaban J connectivity index is 2.17. The highest BCUT2D eigenvalue weighted by Gasteiger charge is 2.21. The van der Waals surface area contributed by atoms with E-state index in [-0.39, 0.29) is 10.6 Å². The summed E-state index contributed by atoms with van der Waals surface area (Å²) < 4.78 is 0. The second kappa shape index (κ2) is 4.59. The third-order valence-electron chi connectivity index (χ3n) is 2.79. The zero-order chi connectivity index (χ0) is 11.5. The van der Waals surface area contributed by atoms with E-state index in [2.05, 4.69) is 10.2 Å². The first-order valence-corrected chi connectivity index (χ1v) is 5.21. The number of benzene rings is 1. The summed E-state index contributed by atoms with van der Waals surface area (Å²) in [5, 5.41) is 13.8. The molecule has 1 N–H and O–H groups in total. The van der Waals surface area contributed by atoms with Gasteiger partial charge in [0.15, 0.2) is 0 Å². The molecule has 1 aliphatic heterocycles. The van der Waals surface area contributed by atoms with E-state index in [4.69, 9.17) is 0 Å². The van der Waals surface area contributed by atoms with Crippen LogP contribution in [0.4, 0.5) is 5.69 Å². The lowest BCUT2D eigenvalue weighted by Gasteiger charge is -2.32. The van der Waals surface area contributed by atoms with Crippen LogP contribution >= 0.6 is 0 Å². The van der Waals surface area contributed by atoms with Gasteiger partial charge in [0, 0.05) is 31.8 Å². The minimum Gasteiger partial charge on any atom is -0.313 e. The number of nitrogens with zero attached hydrogens (tertiary/aromatic N) is 2. The van der Waals surface area contributed by atoms with E-state index in [1.807, 2.05) is 7.05 Å².